The van der Waals surface area contributed by atoms with Gasteiger partial charge in [-0.15, -0.1) is 0 Å². The van der Waals surface area contributed by atoms with E-state index < -0.39 is 6.85 Å². The number of rotatable bonds is 7. The Hall–Kier alpha value is -6.26. The molecular weight excluding hydrogens is 683 g/mol. The summed E-state index contributed by atoms with van der Waals surface area (Å²) in [6.07, 6.45) is 1.81. The first-order chi connectivity index (χ1) is 28.0. The van der Waals surface area contributed by atoms with Crippen LogP contribution in [0.1, 0.15) is 67.9 Å². The molecule has 0 aliphatic rings. The minimum absolute atomic E-state index is 0.0239. The average Bonchev–Trinajstić information content (AvgIpc) is 3.58. The number of fused-ring (bicyclic) bond motifs is 1. The summed E-state index contributed by atoms with van der Waals surface area (Å²) in [6, 6.07) is 48.9. The van der Waals surface area contributed by atoms with E-state index in [0.29, 0.717) is 23.5 Å². The zero-order valence-corrected chi connectivity index (χ0v) is 32.9. The van der Waals surface area contributed by atoms with Crippen LogP contribution < -0.4 is 0 Å². The van der Waals surface area contributed by atoms with Crippen molar-refractivity contribution in [3.05, 3.63) is 174 Å². The van der Waals surface area contributed by atoms with Crippen molar-refractivity contribution in [3.63, 3.8) is 0 Å². The van der Waals surface area contributed by atoms with Crippen LogP contribution in [0.2, 0.25) is 0 Å². The molecule has 0 bridgehead atoms. The van der Waals surface area contributed by atoms with Gasteiger partial charge in [0.2, 0.25) is 0 Å². The van der Waals surface area contributed by atoms with Crippen molar-refractivity contribution >= 4 is 11.0 Å². The first kappa shape index (κ1) is 33.1. The molecule has 1 N–H and O–H groups in total. The average molecular weight is 735 g/mol. The topological polar surface area (TPSA) is 50.9 Å². The molecule has 0 unspecified atom stereocenters. The highest BCUT2D eigenvalue weighted by Crippen LogP contribution is 2.40. The van der Waals surface area contributed by atoms with E-state index in [0.717, 1.165) is 61.2 Å². The first-order valence-corrected chi connectivity index (χ1v) is 19.2. The Morgan fingerprint density at radius 3 is 2.02 bits per heavy atom. The first-order valence-electron chi connectivity index (χ1n) is 20.7. The number of aromatic hydroxyl groups is 1. The summed E-state index contributed by atoms with van der Waals surface area (Å²) >= 11 is 0. The lowest BCUT2D eigenvalue weighted by Gasteiger charge is -2.22. The fourth-order valence-electron chi connectivity index (χ4n) is 7.44. The molecular formula is C52H49N3O. The third-order valence-corrected chi connectivity index (χ3v) is 10.7. The SMILES string of the molecule is [2H]C([2H])([2H])c1ccc(-c2ccnc(-c3cc(-c4cccc5c4nc(-c4ccccc4O)n5Cc4ccc(C(C)(C)C)cc4-c4ccccc4)cc(C(C)(C)C)c3)c2)cc1. The van der Waals surface area contributed by atoms with Crippen molar-refractivity contribution in [1.29, 1.82) is 0 Å². The van der Waals surface area contributed by atoms with Crippen LogP contribution in [-0.4, -0.2) is 19.6 Å². The van der Waals surface area contributed by atoms with Crippen molar-refractivity contribution in [2.24, 2.45) is 0 Å². The Kier molecular flexibility index (Phi) is 8.53. The molecule has 8 aromatic rings. The number of phenolic OH excluding ortho intramolecular Hbond substituents is 1. The Morgan fingerprint density at radius 2 is 1.29 bits per heavy atom. The van der Waals surface area contributed by atoms with E-state index in [4.69, 9.17) is 14.1 Å². The number of phenols is 1. The Labute approximate surface area is 335 Å². The molecule has 6 aromatic carbocycles. The lowest BCUT2D eigenvalue weighted by atomic mass is 9.83. The molecule has 0 saturated heterocycles. The van der Waals surface area contributed by atoms with Crippen LogP contribution in [0.5, 0.6) is 5.75 Å². The largest absolute Gasteiger partial charge is 0.507 e. The number of hydrogen-bond donors (Lipinski definition) is 1. The zero-order valence-electron chi connectivity index (χ0n) is 35.9. The van der Waals surface area contributed by atoms with E-state index in [1.807, 2.05) is 48.7 Å². The molecule has 0 aliphatic heterocycles. The Balaban J connectivity index is 1.30. The summed E-state index contributed by atoms with van der Waals surface area (Å²) in [4.78, 5) is 10.2. The number of benzene rings is 6. The van der Waals surface area contributed by atoms with Crippen molar-refractivity contribution in [1.82, 2.24) is 14.5 Å². The van der Waals surface area contributed by atoms with Crippen LogP contribution in [0.15, 0.2) is 152 Å². The predicted molar refractivity (Wildman–Crippen MR) is 234 cm³/mol. The van der Waals surface area contributed by atoms with Crippen LogP contribution >= 0.6 is 0 Å². The van der Waals surface area contributed by atoms with E-state index in [2.05, 4.69) is 131 Å². The maximum Gasteiger partial charge on any atom is 0.145 e. The van der Waals surface area contributed by atoms with Gasteiger partial charge in [0.15, 0.2) is 0 Å². The standard InChI is InChI=1S/C52H49N3O/c1-34-20-22-35(23-21-34)37-26-27-53-46(31-37)40-28-39(29-42(30-40)52(5,6)7)43-17-13-18-47-49(43)54-50(44-16-11-12-19-48(44)56)55(47)33-38-24-25-41(51(2,3)4)32-45(38)36-14-9-8-10-15-36/h8-32,56H,33H2,1-7H3/i1D3. The minimum Gasteiger partial charge on any atom is -0.507 e. The predicted octanol–water partition coefficient (Wildman–Crippen LogP) is 13.4. The van der Waals surface area contributed by atoms with E-state index >= 15 is 0 Å². The highest BCUT2D eigenvalue weighted by atomic mass is 16.3. The van der Waals surface area contributed by atoms with Gasteiger partial charge in [-0.05, 0) is 105 Å². The van der Waals surface area contributed by atoms with Crippen LogP contribution in [0.4, 0.5) is 0 Å². The molecule has 0 fully saturated rings. The number of hydrogen-bond acceptors (Lipinski definition) is 3. The molecule has 8 rings (SSSR count). The van der Waals surface area contributed by atoms with Gasteiger partial charge in [-0.1, -0.05) is 150 Å². The second-order valence-corrected chi connectivity index (χ2v) is 16.8. The highest BCUT2D eigenvalue weighted by Gasteiger charge is 2.23. The van der Waals surface area contributed by atoms with Crippen molar-refractivity contribution in [2.45, 2.75) is 65.8 Å². The summed E-state index contributed by atoms with van der Waals surface area (Å²) in [5.74, 6) is 0.864. The summed E-state index contributed by atoms with van der Waals surface area (Å²) in [5.41, 5.74) is 14.1. The Morgan fingerprint density at radius 1 is 0.571 bits per heavy atom. The van der Waals surface area contributed by atoms with Gasteiger partial charge in [-0.25, -0.2) is 4.98 Å². The molecule has 4 nitrogen and oxygen atoms in total. The van der Waals surface area contributed by atoms with E-state index in [-0.39, 0.29) is 16.6 Å². The molecule has 4 heteroatoms. The molecule has 2 aromatic heterocycles. The van der Waals surface area contributed by atoms with Crippen LogP contribution in [0.3, 0.4) is 0 Å². The smallest absolute Gasteiger partial charge is 0.145 e. The number of aromatic nitrogens is 3. The molecule has 2 heterocycles. The molecule has 0 spiro atoms. The molecule has 0 radical (unpaired) electrons. The summed E-state index contributed by atoms with van der Waals surface area (Å²) in [7, 11) is 0. The third kappa shape index (κ3) is 7.27. The van der Waals surface area contributed by atoms with Gasteiger partial charge >= 0.3 is 0 Å². The van der Waals surface area contributed by atoms with Crippen molar-refractivity contribution in [3.8, 4) is 61.8 Å². The lowest BCUT2D eigenvalue weighted by molar-refractivity contribution is 0.476. The molecule has 0 saturated carbocycles. The maximum absolute atomic E-state index is 11.3. The van der Waals surface area contributed by atoms with Gasteiger partial charge in [-0.3, -0.25) is 4.98 Å². The number of imidazole rings is 1. The van der Waals surface area contributed by atoms with Gasteiger partial charge in [-0.2, -0.15) is 0 Å². The minimum atomic E-state index is -2.16. The number of pyridine rings is 1. The fraction of sp³-hybridized carbons (Fsp3) is 0.192. The number of aryl methyl sites for hydroxylation is 1. The van der Waals surface area contributed by atoms with E-state index in [1.165, 1.54) is 11.1 Å². The molecule has 56 heavy (non-hydrogen) atoms. The highest BCUT2D eigenvalue weighted by molar-refractivity contribution is 5.96. The normalized spacial score (nSPS) is 13.0. The number of nitrogens with zero attached hydrogens (tertiary/aromatic N) is 3. The summed E-state index contributed by atoms with van der Waals surface area (Å²) in [5, 5.41) is 11.3. The lowest BCUT2D eigenvalue weighted by Crippen LogP contribution is -2.12. The van der Waals surface area contributed by atoms with E-state index in [9.17, 15) is 5.11 Å². The zero-order chi connectivity index (χ0) is 41.7. The molecule has 0 atom stereocenters. The van der Waals surface area contributed by atoms with Gasteiger partial charge < -0.3 is 9.67 Å². The quantitative estimate of drug-likeness (QED) is 0.177. The summed E-state index contributed by atoms with van der Waals surface area (Å²) < 4.78 is 25.6. The fourth-order valence-corrected chi connectivity index (χ4v) is 7.44. The van der Waals surface area contributed by atoms with Gasteiger partial charge in [0, 0.05) is 21.4 Å². The molecule has 0 amide bonds. The number of para-hydroxylation sites is 2. The maximum atomic E-state index is 11.3. The van der Waals surface area contributed by atoms with Crippen LogP contribution in [0.25, 0.3) is 67.1 Å². The summed E-state index contributed by atoms with van der Waals surface area (Å²) in [6.45, 7) is 11.8. The van der Waals surface area contributed by atoms with E-state index in [1.54, 1.807) is 18.2 Å². The van der Waals surface area contributed by atoms with Gasteiger partial charge in [0.25, 0.3) is 0 Å². The van der Waals surface area contributed by atoms with Gasteiger partial charge in [0.05, 0.1) is 28.8 Å². The van der Waals surface area contributed by atoms with Crippen molar-refractivity contribution < 1.29 is 9.22 Å². The second kappa shape index (κ2) is 14.4. The van der Waals surface area contributed by atoms with Gasteiger partial charge in [0.1, 0.15) is 11.6 Å². The van der Waals surface area contributed by atoms with Crippen LogP contribution in [-0.2, 0) is 17.4 Å². The van der Waals surface area contributed by atoms with Crippen molar-refractivity contribution in [2.75, 3.05) is 0 Å². The molecule has 0 aliphatic carbocycles. The second-order valence-electron chi connectivity index (χ2n) is 16.8. The Bertz CT molecular complexity index is 2810. The van der Waals surface area contributed by atoms with Crippen LogP contribution in [0, 0.1) is 6.85 Å². The third-order valence-electron chi connectivity index (χ3n) is 10.7. The monoisotopic (exact) mass is 734 g/mol. The molecule has 278 valence electrons.